The number of rotatable bonds is 8. The number of esters is 1. The lowest BCUT2D eigenvalue weighted by Crippen LogP contribution is -2.24. The van der Waals surface area contributed by atoms with Crippen molar-refractivity contribution >= 4 is 11.8 Å². The van der Waals surface area contributed by atoms with Crippen LogP contribution < -0.4 is 9.47 Å². The molecule has 5 heteroatoms. The van der Waals surface area contributed by atoms with E-state index in [4.69, 9.17) is 14.2 Å². The van der Waals surface area contributed by atoms with Gasteiger partial charge in [0.15, 0.2) is 17.6 Å². The SMILES string of the molecule is COc1ccc(CCC(=O)OC(C)C(=O)c2ccc(C)c(C)c2)cc1OC. The highest BCUT2D eigenvalue weighted by Gasteiger charge is 2.20. The summed E-state index contributed by atoms with van der Waals surface area (Å²) in [5, 5.41) is 0. The van der Waals surface area contributed by atoms with Crippen LogP contribution in [0.5, 0.6) is 11.5 Å². The second-order valence-electron chi connectivity index (χ2n) is 6.48. The summed E-state index contributed by atoms with van der Waals surface area (Å²) in [5.74, 6) is 0.644. The van der Waals surface area contributed by atoms with E-state index in [1.54, 1.807) is 33.3 Å². The summed E-state index contributed by atoms with van der Waals surface area (Å²) in [7, 11) is 3.14. The van der Waals surface area contributed by atoms with Gasteiger partial charge in [0.1, 0.15) is 0 Å². The third-order valence-electron chi connectivity index (χ3n) is 4.53. The van der Waals surface area contributed by atoms with Gasteiger partial charge in [0.25, 0.3) is 0 Å². The number of benzene rings is 2. The van der Waals surface area contributed by atoms with Crippen LogP contribution in [0.4, 0.5) is 0 Å². The van der Waals surface area contributed by atoms with E-state index < -0.39 is 12.1 Å². The molecule has 0 heterocycles. The van der Waals surface area contributed by atoms with E-state index in [1.807, 2.05) is 38.1 Å². The largest absolute Gasteiger partial charge is 0.493 e. The first-order chi connectivity index (χ1) is 12.8. The average Bonchev–Trinajstić information content (AvgIpc) is 2.67. The molecule has 0 saturated heterocycles. The molecule has 2 aromatic carbocycles. The lowest BCUT2D eigenvalue weighted by molar-refractivity contribution is -0.146. The molecule has 1 atom stereocenters. The van der Waals surface area contributed by atoms with Crippen LogP contribution in [0, 0.1) is 13.8 Å². The van der Waals surface area contributed by atoms with Crippen molar-refractivity contribution in [2.45, 2.75) is 39.7 Å². The highest BCUT2D eigenvalue weighted by Crippen LogP contribution is 2.28. The first-order valence-electron chi connectivity index (χ1n) is 8.87. The Balaban J connectivity index is 1.93. The molecule has 2 aromatic rings. The molecule has 0 fully saturated rings. The predicted molar refractivity (Wildman–Crippen MR) is 104 cm³/mol. The number of hydrogen-bond acceptors (Lipinski definition) is 5. The molecule has 0 bridgehead atoms. The number of ketones is 1. The van der Waals surface area contributed by atoms with Crippen molar-refractivity contribution in [2.75, 3.05) is 14.2 Å². The fourth-order valence-corrected chi connectivity index (χ4v) is 2.72. The summed E-state index contributed by atoms with van der Waals surface area (Å²) >= 11 is 0. The van der Waals surface area contributed by atoms with Crippen LogP contribution in [0.3, 0.4) is 0 Å². The zero-order valence-electron chi connectivity index (χ0n) is 16.5. The number of aryl methyl sites for hydroxylation is 3. The topological polar surface area (TPSA) is 61.8 Å². The van der Waals surface area contributed by atoms with Crippen LogP contribution in [0.15, 0.2) is 36.4 Å². The molecule has 1 unspecified atom stereocenters. The molecule has 0 aliphatic heterocycles. The minimum absolute atomic E-state index is 0.181. The van der Waals surface area contributed by atoms with Crippen molar-refractivity contribution in [1.82, 2.24) is 0 Å². The molecule has 144 valence electrons. The number of hydrogen-bond donors (Lipinski definition) is 0. The fraction of sp³-hybridized carbons (Fsp3) is 0.364. The quantitative estimate of drug-likeness (QED) is 0.518. The molecule has 0 saturated carbocycles. The molecular weight excluding hydrogens is 344 g/mol. The van der Waals surface area contributed by atoms with E-state index in [1.165, 1.54) is 0 Å². The van der Waals surface area contributed by atoms with E-state index in [9.17, 15) is 9.59 Å². The van der Waals surface area contributed by atoms with Gasteiger partial charge in [-0.15, -0.1) is 0 Å². The van der Waals surface area contributed by atoms with Crippen LogP contribution in [0.2, 0.25) is 0 Å². The summed E-state index contributed by atoms with van der Waals surface area (Å²) in [4.78, 5) is 24.6. The van der Waals surface area contributed by atoms with Gasteiger partial charge in [-0.3, -0.25) is 9.59 Å². The van der Waals surface area contributed by atoms with Crippen molar-refractivity contribution in [3.05, 3.63) is 58.7 Å². The monoisotopic (exact) mass is 370 g/mol. The standard InChI is InChI=1S/C22H26O5/c1-14-6-9-18(12-15(14)2)22(24)16(3)27-21(23)11-8-17-7-10-19(25-4)20(13-17)26-5/h6-7,9-10,12-13,16H,8,11H2,1-5H3. The summed E-state index contributed by atoms with van der Waals surface area (Å²) in [5.41, 5.74) is 3.63. The maximum Gasteiger partial charge on any atom is 0.306 e. The van der Waals surface area contributed by atoms with Gasteiger partial charge in [0.2, 0.25) is 5.78 Å². The average molecular weight is 370 g/mol. The second-order valence-corrected chi connectivity index (χ2v) is 6.48. The van der Waals surface area contributed by atoms with Crippen LogP contribution in [-0.2, 0) is 16.0 Å². The van der Waals surface area contributed by atoms with Gasteiger partial charge in [0.05, 0.1) is 14.2 Å². The Morgan fingerprint density at radius 1 is 0.926 bits per heavy atom. The van der Waals surface area contributed by atoms with Crippen molar-refractivity contribution in [1.29, 1.82) is 0 Å². The lowest BCUT2D eigenvalue weighted by atomic mass is 10.0. The first-order valence-corrected chi connectivity index (χ1v) is 8.87. The van der Waals surface area contributed by atoms with Gasteiger partial charge in [0, 0.05) is 12.0 Å². The normalized spacial score (nSPS) is 11.6. The third kappa shape index (κ3) is 5.33. The number of ether oxygens (including phenoxy) is 3. The van der Waals surface area contributed by atoms with Gasteiger partial charge < -0.3 is 14.2 Å². The molecule has 0 N–H and O–H groups in total. The van der Waals surface area contributed by atoms with Crippen LogP contribution in [-0.4, -0.2) is 32.1 Å². The Bertz CT molecular complexity index is 825. The fourth-order valence-electron chi connectivity index (χ4n) is 2.72. The summed E-state index contributed by atoms with van der Waals surface area (Å²) in [6.45, 7) is 5.54. The van der Waals surface area contributed by atoms with E-state index in [2.05, 4.69) is 0 Å². The molecule has 0 aromatic heterocycles. The van der Waals surface area contributed by atoms with Crippen molar-refractivity contribution in [3.63, 3.8) is 0 Å². The molecular formula is C22H26O5. The molecule has 0 amide bonds. The number of Topliss-reactive ketones (excluding diaryl/α,β-unsaturated/α-hetero) is 1. The van der Waals surface area contributed by atoms with E-state index in [0.29, 0.717) is 23.5 Å². The molecule has 0 spiro atoms. The molecule has 2 rings (SSSR count). The summed E-state index contributed by atoms with van der Waals surface area (Å²) in [6.07, 6.45) is -0.144. The van der Waals surface area contributed by atoms with E-state index in [-0.39, 0.29) is 12.2 Å². The molecule has 0 aliphatic rings. The van der Waals surface area contributed by atoms with E-state index in [0.717, 1.165) is 16.7 Å². The Morgan fingerprint density at radius 3 is 2.26 bits per heavy atom. The molecule has 0 radical (unpaired) electrons. The zero-order valence-corrected chi connectivity index (χ0v) is 16.5. The predicted octanol–water partition coefficient (Wildman–Crippen LogP) is 4.07. The van der Waals surface area contributed by atoms with Crippen molar-refractivity contribution in [3.8, 4) is 11.5 Å². The van der Waals surface area contributed by atoms with Crippen molar-refractivity contribution in [2.24, 2.45) is 0 Å². The number of methoxy groups -OCH3 is 2. The van der Waals surface area contributed by atoms with Gasteiger partial charge in [-0.25, -0.2) is 0 Å². The van der Waals surface area contributed by atoms with Crippen molar-refractivity contribution < 1.29 is 23.8 Å². The maximum absolute atomic E-state index is 12.5. The maximum atomic E-state index is 12.5. The zero-order chi connectivity index (χ0) is 20.0. The third-order valence-corrected chi connectivity index (χ3v) is 4.53. The minimum atomic E-state index is -0.815. The number of carbonyl (C=O) groups excluding carboxylic acids is 2. The second kappa shape index (κ2) is 9.21. The summed E-state index contributed by atoms with van der Waals surface area (Å²) in [6, 6.07) is 11.0. The Labute approximate surface area is 160 Å². The molecule has 27 heavy (non-hydrogen) atoms. The first kappa shape index (κ1) is 20.5. The van der Waals surface area contributed by atoms with Crippen LogP contribution in [0.25, 0.3) is 0 Å². The number of carbonyl (C=O) groups is 2. The Kier molecular flexibility index (Phi) is 6.99. The minimum Gasteiger partial charge on any atom is -0.493 e. The smallest absolute Gasteiger partial charge is 0.306 e. The van der Waals surface area contributed by atoms with Gasteiger partial charge in [-0.2, -0.15) is 0 Å². The van der Waals surface area contributed by atoms with Crippen LogP contribution >= 0.6 is 0 Å². The Hall–Kier alpha value is -2.82. The van der Waals surface area contributed by atoms with Gasteiger partial charge in [-0.05, 0) is 62.1 Å². The summed E-state index contributed by atoms with van der Waals surface area (Å²) < 4.78 is 15.8. The molecule has 0 aliphatic carbocycles. The van der Waals surface area contributed by atoms with Gasteiger partial charge in [-0.1, -0.05) is 18.2 Å². The van der Waals surface area contributed by atoms with Crippen LogP contribution in [0.1, 0.15) is 40.4 Å². The Morgan fingerprint density at radius 2 is 1.63 bits per heavy atom. The molecule has 5 nitrogen and oxygen atoms in total. The van der Waals surface area contributed by atoms with Gasteiger partial charge >= 0.3 is 5.97 Å². The lowest BCUT2D eigenvalue weighted by Gasteiger charge is -2.14. The van der Waals surface area contributed by atoms with E-state index >= 15 is 0 Å². The highest BCUT2D eigenvalue weighted by molar-refractivity contribution is 6.00. The highest BCUT2D eigenvalue weighted by atomic mass is 16.5.